The molecule has 1 aromatic carbocycles. The zero-order valence-electron chi connectivity index (χ0n) is 21.5. The molecule has 1 unspecified atom stereocenters. The third kappa shape index (κ3) is 5.11. The molecule has 3 N–H and O–H groups in total. The number of likely N-dealkylation sites (N-methyl/N-ethyl adjacent to an activating group) is 1. The molecule has 10 nitrogen and oxygen atoms in total. The third-order valence-electron chi connectivity index (χ3n) is 7.19. The average Bonchev–Trinajstić information content (AvgIpc) is 3.64. The second-order valence-electron chi connectivity index (χ2n) is 10.2. The summed E-state index contributed by atoms with van der Waals surface area (Å²) < 4.78 is 21.2. The largest absolute Gasteiger partial charge is 0.435 e. The molecule has 2 aromatic heterocycles. The van der Waals surface area contributed by atoms with E-state index in [4.69, 9.17) is 4.74 Å². The maximum atomic E-state index is 15.3. The van der Waals surface area contributed by atoms with Crippen LogP contribution in [0, 0.1) is 12.7 Å². The number of hydrogen-bond acceptors (Lipinski definition) is 8. The SMILES string of the molecule is Cc1cc2c(F)c(Oc3ncnc(NC4=CCC(N5CCN(C)CC5)C=N4)c3C(=O)NC3CC3)ccc2[nH]1. The number of H-pyrrole nitrogens is 1. The second kappa shape index (κ2) is 10.1. The van der Waals surface area contributed by atoms with Gasteiger partial charge in [0, 0.05) is 61.1 Å². The van der Waals surface area contributed by atoms with E-state index in [1.54, 1.807) is 12.1 Å². The van der Waals surface area contributed by atoms with E-state index < -0.39 is 5.82 Å². The molecule has 3 aliphatic rings. The van der Waals surface area contributed by atoms with E-state index in [1.165, 1.54) is 12.4 Å². The Balaban J connectivity index is 1.25. The Morgan fingerprint density at radius 1 is 1.18 bits per heavy atom. The highest BCUT2D eigenvalue weighted by atomic mass is 19.1. The van der Waals surface area contributed by atoms with Crippen molar-refractivity contribution in [3.63, 3.8) is 0 Å². The van der Waals surface area contributed by atoms with E-state index in [0.717, 1.165) is 51.1 Å². The van der Waals surface area contributed by atoms with Crippen molar-refractivity contribution in [3.8, 4) is 11.6 Å². The van der Waals surface area contributed by atoms with Crippen molar-refractivity contribution in [3.05, 3.63) is 53.5 Å². The Kier molecular flexibility index (Phi) is 6.54. The molecule has 1 saturated heterocycles. The maximum absolute atomic E-state index is 15.3. The quantitative estimate of drug-likeness (QED) is 0.440. The first kappa shape index (κ1) is 24.5. The maximum Gasteiger partial charge on any atom is 0.260 e. The van der Waals surface area contributed by atoms with Crippen LogP contribution in [0.5, 0.6) is 11.6 Å². The lowest BCUT2D eigenvalue weighted by molar-refractivity contribution is 0.0948. The minimum atomic E-state index is -0.525. The molecule has 1 atom stereocenters. The number of ether oxygens (including phenoxy) is 1. The van der Waals surface area contributed by atoms with E-state index in [-0.39, 0.29) is 41.0 Å². The topological polar surface area (TPSA) is 111 Å². The molecule has 4 heterocycles. The Hall–Kier alpha value is -3.83. The number of aryl methyl sites for hydroxylation is 1. The van der Waals surface area contributed by atoms with Crippen LogP contribution in [0.4, 0.5) is 10.2 Å². The van der Waals surface area contributed by atoms with Crippen molar-refractivity contribution in [1.82, 2.24) is 30.1 Å². The summed E-state index contributed by atoms with van der Waals surface area (Å²) in [5.74, 6) is -0.0961. The van der Waals surface area contributed by atoms with Crippen molar-refractivity contribution in [2.24, 2.45) is 4.99 Å². The summed E-state index contributed by atoms with van der Waals surface area (Å²) in [5, 5.41) is 6.55. The number of benzene rings is 1. The Morgan fingerprint density at radius 2 is 2.00 bits per heavy atom. The number of carbonyl (C=O) groups is 1. The first-order chi connectivity index (χ1) is 18.4. The van der Waals surface area contributed by atoms with Gasteiger partial charge in [-0.3, -0.25) is 9.69 Å². The van der Waals surface area contributed by atoms with Crippen LogP contribution in [-0.4, -0.2) is 82.2 Å². The van der Waals surface area contributed by atoms with Crippen molar-refractivity contribution in [1.29, 1.82) is 0 Å². The van der Waals surface area contributed by atoms with Gasteiger partial charge in [0.15, 0.2) is 17.4 Å². The highest BCUT2D eigenvalue weighted by Gasteiger charge is 2.29. The van der Waals surface area contributed by atoms with Crippen LogP contribution in [0.2, 0.25) is 0 Å². The van der Waals surface area contributed by atoms with E-state index in [9.17, 15) is 4.79 Å². The van der Waals surface area contributed by atoms with Crippen LogP contribution in [0.1, 0.15) is 35.3 Å². The second-order valence-corrected chi connectivity index (χ2v) is 10.2. The average molecular weight is 519 g/mol. The van der Waals surface area contributed by atoms with Crippen molar-refractivity contribution in [2.45, 2.75) is 38.3 Å². The van der Waals surface area contributed by atoms with Crippen LogP contribution in [0.3, 0.4) is 0 Å². The van der Waals surface area contributed by atoms with Gasteiger partial charge in [0.1, 0.15) is 17.7 Å². The molecular weight excluding hydrogens is 487 g/mol. The zero-order valence-corrected chi connectivity index (χ0v) is 21.5. The fourth-order valence-electron chi connectivity index (χ4n) is 4.82. The number of anilines is 1. The molecule has 2 aliphatic heterocycles. The Labute approximate surface area is 220 Å². The molecule has 6 rings (SSSR count). The number of aromatic amines is 1. The summed E-state index contributed by atoms with van der Waals surface area (Å²) in [7, 11) is 2.14. The highest BCUT2D eigenvalue weighted by molar-refractivity contribution is 6.01. The van der Waals surface area contributed by atoms with Gasteiger partial charge in [-0.05, 0) is 57.5 Å². The molecule has 2 fully saturated rings. The fraction of sp³-hybridized carbons (Fsp3) is 0.407. The van der Waals surface area contributed by atoms with E-state index in [0.29, 0.717) is 16.7 Å². The van der Waals surface area contributed by atoms with Gasteiger partial charge in [-0.15, -0.1) is 0 Å². The molecule has 3 aromatic rings. The summed E-state index contributed by atoms with van der Waals surface area (Å²) in [6.45, 7) is 5.96. The van der Waals surface area contributed by atoms with Gasteiger partial charge in [-0.1, -0.05) is 0 Å². The van der Waals surface area contributed by atoms with Gasteiger partial charge in [0.2, 0.25) is 5.88 Å². The number of hydrogen-bond donors (Lipinski definition) is 3. The first-order valence-corrected chi connectivity index (χ1v) is 13.0. The predicted octanol–water partition coefficient (Wildman–Crippen LogP) is 3.43. The number of piperazine rings is 1. The number of fused-ring (bicyclic) bond motifs is 1. The normalized spacial score (nSPS) is 20.4. The van der Waals surface area contributed by atoms with Crippen molar-refractivity contribution >= 4 is 28.8 Å². The fourth-order valence-corrected chi connectivity index (χ4v) is 4.82. The molecule has 1 amide bonds. The van der Waals surface area contributed by atoms with E-state index >= 15 is 4.39 Å². The number of carbonyl (C=O) groups excluding carboxylic acids is 1. The molecule has 38 heavy (non-hydrogen) atoms. The minimum absolute atomic E-state index is 0.0217. The van der Waals surface area contributed by atoms with E-state index in [2.05, 4.69) is 47.4 Å². The van der Waals surface area contributed by atoms with E-state index in [1.807, 2.05) is 19.2 Å². The smallest absolute Gasteiger partial charge is 0.260 e. The molecule has 0 spiro atoms. The minimum Gasteiger partial charge on any atom is -0.435 e. The number of aromatic nitrogens is 3. The molecular formula is C27H31FN8O2. The summed E-state index contributed by atoms with van der Waals surface area (Å²) in [4.78, 5) is 34.3. The highest BCUT2D eigenvalue weighted by Crippen LogP contribution is 2.33. The third-order valence-corrected chi connectivity index (χ3v) is 7.19. The van der Waals surface area contributed by atoms with Gasteiger partial charge in [-0.25, -0.2) is 19.4 Å². The van der Waals surface area contributed by atoms with Gasteiger partial charge in [0.05, 0.1) is 0 Å². The number of aliphatic imine (C=N–C) groups is 1. The number of nitrogens with zero attached hydrogens (tertiary/aromatic N) is 5. The van der Waals surface area contributed by atoms with Crippen LogP contribution < -0.4 is 15.4 Å². The zero-order chi connectivity index (χ0) is 26.2. The van der Waals surface area contributed by atoms with Crippen LogP contribution in [-0.2, 0) is 0 Å². The Morgan fingerprint density at radius 3 is 2.74 bits per heavy atom. The standard InChI is InChI=1S/C27H31FN8O2/c1-16-13-19-20(32-16)6-7-21(24(19)28)38-27-23(26(37)33-17-3-4-17)25(30-15-31-27)34-22-8-5-18(14-29-22)36-11-9-35(2)10-12-36/h6-8,13-15,17-18,32H,3-5,9-12H2,1-2H3,(H,33,37)(H,30,31,34). The molecule has 198 valence electrons. The van der Waals surface area contributed by atoms with Gasteiger partial charge < -0.3 is 25.3 Å². The number of rotatable bonds is 7. The number of halogens is 1. The molecule has 0 radical (unpaired) electrons. The molecule has 1 aliphatic carbocycles. The lowest BCUT2D eigenvalue weighted by atomic mass is 10.1. The van der Waals surface area contributed by atoms with Crippen LogP contribution in [0.15, 0.2) is 41.4 Å². The van der Waals surface area contributed by atoms with Gasteiger partial charge >= 0.3 is 0 Å². The Bertz CT molecular complexity index is 1420. The summed E-state index contributed by atoms with van der Waals surface area (Å²) in [6.07, 6.45) is 7.88. The van der Waals surface area contributed by atoms with Crippen LogP contribution in [0.25, 0.3) is 10.9 Å². The summed E-state index contributed by atoms with van der Waals surface area (Å²) >= 11 is 0. The number of nitrogens with one attached hydrogen (secondary N) is 3. The lowest BCUT2D eigenvalue weighted by Gasteiger charge is -2.36. The molecule has 1 saturated carbocycles. The van der Waals surface area contributed by atoms with Gasteiger partial charge in [0.25, 0.3) is 5.91 Å². The number of amides is 1. The van der Waals surface area contributed by atoms with Crippen LogP contribution >= 0.6 is 0 Å². The summed E-state index contributed by atoms with van der Waals surface area (Å²) in [6, 6.07) is 5.33. The summed E-state index contributed by atoms with van der Waals surface area (Å²) in [5.41, 5.74) is 1.62. The first-order valence-electron chi connectivity index (χ1n) is 13.0. The van der Waals surface area contributed by atoms with Gasteiger partial charge in [-0.2, -0.15) is 0 Å². The lowest BCUT2D eigenvalue weighted by Crippen LogP contribution is -2.49. The predicted molar refractivity (Wildman–Crippen MR) is 143 cm³/mol. The molecule has 11 heteroatoms. The molecule has 0 bridgehead atoms. The monoisotopic (exact) mass is 518 g/mol. The van der Waals surface area contributed by atoms with Crippen molar-refractivity contribution < 1.29 is 13.9 Å². The van der Waals surface area contributed by atoms with Crippen molar-refractivity contribution in [2.75, 3.05) is 38.5 Å².